The second-order valence-corrected chi connectivity index (χ2v) is 5.40. The molecule has 2 amide bonds. The van der Waals surface area contributed by atoms with E-state index in [4.69, 9.17) is 11.6 Å². The molecule has 0 aliphatic rings. The van der Waals surface area contributed by atoms with Gasteiger partial charge in [-0.15, -0.1) is 0 Å². The van der Waals surface area contributed by atoms with Gasteiger partial charge in [-0.3, -0.25) is 9.59 Å². The van der Waals surface area contributed by atoms with E-state index in [1.165, 1.54) is 0 Å². The lowest BCUT2D eigenvalue weighted by Crippen LogP contribution is -2.40. The Morgan fingerprint density at radius 2 is 1.76 bits per heavy atom. The van der Waals surface area contributed by atoms with Crippen LogP contribution in [0.2, 0.25) is 5.02 Å². The van der Waals surface area contributed by atoms with Crippen LogP contribution in [0.5, 0.6) is 0 Å². The van der Waals surface area contributed by atoms with Gasteiger partial charge in [0.2, 0.25) is 0 Å². The molecule has 0 saturated carbocycles. The molecular weight excluding hydrogens is 288 g/mol. The summed E-state index contributed by atoms with van der Waals surface area (Å²) in [5.74, 6) is -1.08. The highest BCUT2D eigenvalue weighted by atomic mass is 35.5. The van der Waals surface area contributed by atoms with E-state index in [9.17, 15) is 9.59 Å². The number of nitrogens with one attached hydrogen (secondary N) is 1. The van der Waals surface area contributed by atoms with Gasteiger partial charge < -0.3 is 10.2 Å². The summed E-state index contributed by atoms with van der Waals surface area (Å²) < 4.78 is 0. The fourth-order valence-corrected chi connectivity index (χ4v) is 2.10. The van der Waals surface area contributed by atoms with Gasteiger partial charge >= 0.3 is 11.8 Å². The van der Waals surface area contributed by atoms with Gasteiger partial charge in [-0.25, -0.2) is 0 Å². The van der Waals surface area contributed by atoms with Gasteiger partial charge in [-0.2, -0.15) is 0 Å². The molecule has 0 spiro atoms. The summed E-state index contributed by atoms with van der Waals surface area (Å²) in [6, 6.07) is 6.77. The van der Waals surface area contributed by atoms with Crippen LogP contribution < -0.4 is 5.32 Å². The van der Waals surface area contributed by atoms with Crippen molar-refractivity contribution in [2.45, 2.75) is 39.5 Å². The molecular formula is C16H23ClN2O2. The molecule has 0 saturated heterocycles. The van der Waals surface area contributed by atoms with E-state index in [1.807, 2.05) is 0 Å². The fourth-order valence-electron chi connectivity index (χ4n) is 1.91. The Bertz CT molecular complexity index is 469. The van der Waals surface area contributed by atoms with Crippen molar-refractivity contribution in [2.24, 2.45) is 0 Å². The van der Waals surface area contributed by atoms with Crippen molar-refractivity contribution in [2.75, 3.05) is 18.4 Å². The first-order valence-corrected chi connectivity index (χ1v) is 7.82. The number of unbranched alkanes of at least 4 members (excludes halogenated alkanes) is 2. The van der Waals surface area contributed by atoms with Gasteiger partial charge in [0.25, 0.3) is 0 Å². The standard InChI is InChI=1S/C16H23ClN2O2/c1-3-5-10-19(11-6-4-2)16(21)15(20)18-14-9-7-8-13(17)12-14/h7-9,12H,3-6,10-11H2,1-2H3,(H,18,20). The van der Waals surface area contributed by atoms with Crippen LogP contribution in [0.4, 0.5) is 5.69 Å². The molecule has 0 fully saturated rings. The lowest BCUT2D eigenvalue weighted by atomic mass is 10.2. The van der Waals surface area contributed by atoms with Gasteiger partial charge in [0.05, 0.1) is 0 Å². The van der Waals surface area contributed by atoms with Crippen LogP contribution in [0, 0.1) is 0 Å². The summed E-state index contributed by atoms with van der Waals surface area (Å²) in [7, 11) is 0. The SMILES string of the molecule is CCCCN(CCCC)C(=O)C(=O)Nc1cccc(Cl)c1. The van der Waals surface area contributed by atoms with E-state index in [0.717, 1.165) is 25.7 Å². The quantitative estimate of drug-likeness (QED) is 0.781. The minimum atomic E-state index is -0.607. The van der Waals surface area contributed by atoms with Crippen molar-refractivity contribution < 1.29 is 9.59 Å². The first-order chi connectivity index (χ1) is 10.1. The highest BCUT2D eigenvalue weighted by Crippen LogP contribution is 2.15. The number of carbonyl (C=O) groups is 2. The van der Waals surface area contributed by atoms with E-state index in [1.54, 1.807) is 29.2 Å². The number of rotatable bonds is 7. The summed E-state index contributed by atoms with van der Waals surface area (Å²) >= 11 is 5.86. The second-order valence-electron chi connectivity index (χ2n) is 4.96. The highest BCUT2D eigenvalue weighted by Gasteiger charge is 2.21. The molecule has 1 aromatic carbocycles. The number of hydrogen-bond donors (Lipinski definition) is 1. The fraction of sp³-hybridized carbons (Fsp3) is 0.500. The Morgan fingerprint density at radius 1 is 1.14 bits per heavy atom. The van der Waals surface area contributed by atoms with Gasteiger partial charge in [0.1, 0.15) is 0 Å². The summed E-state index contributed by atoms with van der Waals surface area (Å²) in [5.41, 5.74) is 0.534. The average molecular weight is 311 g/mol. The molecule has 5 heteroatoms. The third-order valence-electron chi connectivity index (χ3n) is 3.13. The maximum Gasteiger partial charge on any atom is 0.313 e. The predicted molar refractivity (Wildman–Crippen MR) is 86.5 cm³/mol. The summed E-state index contributed by atoms with van der Waals surface area (Å²) in [5, 5.41) is 3.12. The van der Waals surface area contributed by atoms with Crippen LogP contribution in [-0.2, 0) is 9.59 Å². The van der Waals surface area contributed by atoms with Crippen molar-refractivity contribution in [1.82, 2.24) is 4.90 Å². The Labute approximate surface area is 131 Å². The highest BCUT2D eigenvalue weighted by molar-refractivity contribution is 6.39. The average Bonchev–Trinajstić information content (AvgIpc) is 2.47. The van der Waals surface area contributed by atoms with Crippen LogP contribution in [0.1, 0.15) is 39.5 Å². The zero-order chi connectivity index (χ0) is 15.7. The van der Waals surface area contributed by atoms with Gasteiger partial charge in [-0.1, -0.05) is 44.4 Å². The van der Waals surface area contributed by atoms with Crippen LogP contribution in [0.25, 0.3) is 0 Å². The van der Waals surface area contributed by atoms with Crippen LogP contribution in [0.15, 0.2) is 24.3 Å². The molecule has 1 aromatic rings. The molecule has 0 unspecified atom stereocenters. The van der Waals surface area contributed by atoms with Crippen LogP contribution in [0.3, 0.4) is 0 Å². The summed E-state index contributed by atoms with van der Waals surface area (Å²) in [6.07, 6.45) is 3.79. The molecule has 4 nitrogen and oxygen atoms in total. The topological polar surface area (TPSA) is 49.4 Å². The monoisotopic (exact) mass is 310 g/mol. The third-order valence-corrected chi connectivity index (χ3v) is 3.36. The van der Waals surface area contributed by atoms with Gasteiger partial charge in [0.15, 0.2) is 0 Å². The number of nitrogens with zero attached hydrogens (tertiary/aromatic N) is 1. The summed E-state index contributed by atoms with van der Waals surface area (Å²) in [4.78, 5) is 25.9. The van der Waals surface area contributed by atoms with E-state index in [0.29, 0.717) is 23.8 Å². The first kappa shape index (κ1) is 17.5. The molecule has 0 aromatic heterocycles. The minimum absolute atomic E-state index is 0.475. The van der Waals surface area contributed by atoms with Crippen molar-refractivity contribution >= 4 is 29.1 Å². The lowest BCUT2D eigenvalue weighted by Gasteiger charge is -2.21. The van der Waals surface area contributed by atoms with Gasteiger partial charge in [0, 0.05) is 23.8 Å². The maximum atomic E-state index is 12.2. The van der Waals surface area contributed by atoms with E-state index >= 15 is 0 Å². The number of anilines is 1. The molecule has 0 bridgehead atoms. The Hall–Kier alpha value is -1.55. The van der Waals surface area contributed by atoms with E-state index < -0.39 is 11.8 Å². The summed E-state index contributed by atoms with van der Waals surface area (Å²) in [6.45, 7) is 5.37. The molecule has 0 aliphatic heterocycles. The van der Waals surface area contributed by atoms with Gasteiger partial charge in [-0.05, 0) is 31.0 Å². The zero-order valence-corrected chi connectivity index (χ0v) is 13.4. The molecule has 1 N–H and O–H groups in total. The number of benzene rings is 1. The predicted octanol–water partition coefficient (Wildman–Crippen LogP) is 3.71. The molecule has 21 heavy (non-hydrogen) atoms. The van der Waals surface area contributed by atoms with E-state index in [-0.39, 0.29) is 0 Å². The molecule has 0 atom stereocenters. The minimum Gasteiger partial charge on any atom is -0.334 e. The molecule has 0 aliphatic carbocycles. The second kappa shape index (κ2) is 9.40. The number of hydrogen-bond acceptors (Lipinski definition) is 2. The number of carbonyl (C=O) groups excluding carboxylic acids is 2. The molecule has 116 valence electrons. The largest absolute Gasteiger partial charge is 0.334 e. The van der Waals surface area contributed by atoms with Crippen molar-refractivity contribution in [3.8, 4) is 0 Å². The number of halogens is 1. The molecule has 1 rings (SSSR count). The van der Waals surface area contributed by atoms with Crippen molar-refractivity contribution in [1.29, 1.82) is 0 Å². The number of amides is 2. The van der Waals surface area contributed by atoms with E-state index in [2.05, 4.69) is 19.2 Å². The third kappa shape index (κ3) is 6.17. The normalized spacial score (nSPS) is 10.2. The Balaban J connectivity index is 2.65. The Morgan fingerprint density at radius 3 is 2.29 bits per heavy atom. The zero-order valence-electron chi connectivity index (χ0n) is 12.7. The lowest BCUT2D eigenvalue weighted by molar-refractivity contribution is -0.143. The molecule has 0 heterocycles. The Kier molecular flexibility index (Phi) is 7.83. The first-order valence-electron chi connectivity index (χ1n) is 7.44. The molecule has 0 radical (unpaired) electrons. The maximum absolute atomic E-state index is 12.2. The van der Waals surface area contributed by atoms with Crippen LogP contribution in [-0.4, -0.2) is 29.8 Å². The smallest absolute Gasteiger partial charge is 0.313 e. The van der Waals surface area contributed by atoms with Crippen molar-refractivity contribution in [3.63, 3.8) is 0 Å². The van der Waals surface area contributed by atoms with Crippen LogP contribution >= 0.6 is 11.6 Å². The van der Waals surface area contributed by atoms with Crippen molar-refractivity contribution in [3.05, 3.63) is 29.3 Å².